The first kappa shape index (κ1) is 21.1. The maximum atomic E-state index is 13.6. The molecule has 0 unspecified atom stereocenters. The molecule has 31 heavy (non-hydrogen) atoms. The van der Waals surface area contributed by atoms with Crippen molar-refractivity contribution in [2.75, 3.05) is 6.54 Å². The summed E-state index contributed by atoms with van der Waals surface area (Å²) < 4.78 is 42.2. The van der Waals surface area contributed by atoms with Gasteiger partial charge in [-0.2, -0.15) is 0 Å². The number of Topliss-reactive ketones (excluding diaryl/α,β-unsaturated/α-hetero) is 1. The van der Waals surface area contributed by atoms with Crippen LogP contribution >= 0.6 is 0 Å². The van der Waals surface area contributed by atoms with Gasteiger partial charge in [-0.15, -0.1) is 0 Å². The number of pyridine rings is 1. The predicted octanol–water partition coefficient (Wildman–Crippen LogP) is 3.22. The van der Waals surface area contributed by atoms with Gasteiger partial charge < -0.3 is 9.88 Å². The van der Waals surface area contributed by atoms with Gasteiger partial charge in [0.25, 0.3) is 5.91 Å². The molecule has 2 fully saturated rings. The minimum absolute atomic E-state index is 0.171. The number of imide groups is 1. The van der Waals surface area contributed by atoms with E-state index < -0.39 is 54.4 Å². The molecule has 7 nitrogen and oxygen atoms in total. The van der Waals surface area contributed by atoms with Crippen molar-refractivity contribution >= 4 is 17.7 Å². The van der Waals surface area contributed by atoms with E-state index in [1.54, 1.807) is 24.6 Å². The van der Waals surface area contributed by atoms with E-state index in [1.165, 1.54) is 12.3 Å². The average Bonchev–Trinajstić information content (AvgIpc) is 3.12. The van der Waals surface area contributed by atoms with Crippen LogP contribution in [0.3, 0.4) is 0 Å². The van der Waals surface area contributed by atoms with Crippen molar-refractivity contribution in [3.8, 4) is 11.3 Å². The fraction of sp³-hybridized carbons (Fsp3) is 0.429. The van der Waals surface area contributed by atoms with Crippen molar-refractivity contribution in [2.24, 2.45) is 7.05 Å². The predicted molar refractivity (Wildman–Crippen MR) is 104 cm³/mol. The molecule has 164 valence electrons. The van der Waals surface area contributed by atoms with Gasteiger partial charge in [0.05, 0.1) is 24.1 Å². The van der Waals surface area contributed by atoms with Crippen LogP contribution in [-0.4, -0.2) is 50.2 Å². The summed E-state index contributed by atoms with van der Waals surface area (Å²) in [4.78, 5) is 42.8. The summed E-state index contributed by atoms with van der Waals surface area (Å²) in [5.74, 6) is -4.53. The number of carbonyl (C=O) groups excluding carboxylic acids is 3. The van der Waals surface area contributed by atoms with Crippen molar-refractivity contribution in [2.45, 2.75) is 44.1 Å². The Morgan fingerprint density at radius 3 is 2.48 bits per heavy atom. The quantitative estimate of drug-likeness (QED) is 0.592. The first-order chi connectivity index (χ1) is 14.5. The Labute approximate surface area is 176 Å². The molecule has 0 radical (unpaired) electrons. The Kier molecular flexibility index (Phi) is 4.90. The van der Waals surface area contributed by atoms with Gasteiger partial charge >= 0.3 is 6.03 Å². The zero-order valence-electron chi connectivity index (χ0n) is 17.0. The molecule has 1 N–H and O–H groups in total. The molecule has 1 saturated heterocycles. The number of carbonyl (C=O) groups is 3. The number of hydrogen-bond acceptors (Lipinski definition) is 4. The Morgan fingerprint density at radius 1 is 1.16 bits per heavy atom. The summed E-state index contributed by atoms with van der Waals surface area (Å²) in [7, 11) is 1.62. The lowest BCUT2D eigenvalue weighted by Gasteiger charge is -2.34. The van der Waals surface area contributed by atoms with Crippen molar-refractivity contribution in [1.29, 1.82) is 0 Å². The van der Waals surface area contributed by atoms with Crippen LogP contribution in [0.25, 0.3) is 11.3 Å². The van der Waals surface area contributed by atoms with Crippen LogP contribution in [0.15, 0.2) is 24.5 Å². The standard InChI is InChI=1S/C21H21F3N4O3/c1-12-7-15(27(2)17(12)13-8-14(22)10-25-9-13)16(29)11-28-18(30)20(26-19(28)31)3-5-21(23,24)6-4-20/h7-10H,3-6,11H2,1-2H3,(H,26,31). The minimum atomic E-state index is -2.86. The molecule has 0 bridgehead atoms. The molecule has 2 aromatic rings. The molecule has 0 atom stereocenters. The van der Waals surface area contributed by atoms with Gasteiger partial charge in [0.15, 0.2) is 5.78 Å². The molecule has 2 aliphatic rings. The van der Waals surface area contributed by atoms with Crippen LogP contribution in [0.5, 0.6) is 0 Å². The van der Waals surface area contributed by atoms with E-state index in [1.807, 2.05) is 0 Å². The first-order valence-electron chi connectivity index (χ1n) is 9.85. The number of ketones is 1. The molecule has 10 heteroatoms. The first-order valence-corrected chi connectivity index (χ1v) is 9.85. The highest BCUT2D eigenvalue weighted by molar-refractivity contribution is 6.11. The van der Waals surface area contributed by atoms with Crippen LogP contribution in [0, 0.1) is 12.7 Å². The van der Waals surface area contributed by atoms with Crippen LogP contribution in [0.4, 0.5) is 18.0 Å². The molecule has 3 amide bonds. The van der Waals surface area contributed by atoms with Gasteiger partial charge in [0.2, 0.25) is 5.92 Å². The lowest BCUT2D eigenvalue weighted by Crippen LogP contribution is -2.51. The minimum Gasteiger partial charge on any atom is -0.341 e. The fourth-order valence-electron chi connectivity index (χ4n) is 4.41. The molecule has 1 aliphatic heterocycles. The molecule has 1 aliphatic carbocycles. The number of halogens is 3. The van der Waals surface area contributed by atoms with Crippen LogP contribution in [-0.2, 0) is 11.8 Å². The lowest BCUT2D eigenvalue weighted by atomic mass is 9.80. The number of rotatable bonds is 4. The summed E-state index contributed by atoms with van der Waals surface area (Å²) in [5, 5.41) is 2.52. The zero-order chi connectivity index (χ0) is 22.6. The highest BCUT2D eigenvalue weighted by atomic mass is 19.3. The van der Waals surface area contributed by atoms with Crippen molar-refractivity contribution in [3.63, 3.8) is 0 Å². The molecular formula is C21H21F3N4O3. The second-order valence-corrected chi connectivity index (χ2v) is 8.19. The SMILES string of the molecule is Cc1cc(C(=O)CN2C(=O)NC3(CCC(F)(F)CC3)C2=O)n(C)c1-c1cncc(F)c1. The summed E-state index contributed by atoms with van der Waals surface area (Å²) in [6.07, 6.45) is 1.21. The summed E-state index contributed by atoms with van der Waals surface area (Å²) in [5.41, 5.74) is 0.617. The van der Waals surface area contributed by atoms with Crippen LogP contribution < -0.4 is 5.32 Å². The second-order valence-electron chi connectivity index (χ2n) is 8.19. The smallest absolute Gasteiger partial charge is 0.325 e. The van der Waals surface area contributed by atoms with Crippen molar-refractivity contribution in [1.82, 2.24) is 19.8 Å². The second kappa shape index (κ2) is 7.21. The topological polar surface area (TPSA) is 84.3 Å². The summed E-state index contributed by atoms with van der Waals surface area (Å²) >= 11 is 0. The van der Waals surface area contributed by atoms with Gasteiger partial charge in [-0.3, -0.25) is 19.5 Å². The van der Waals surface area contributed by atoms with E-state index in [0.29, 0.717) is 16.8 Å². The maximum Gasteiger partial charge on any atom is 0.325 e. The van der Waals surface area contributed by atoms with Crippen molar-refractivity contribution in [3.05, 3.63) is 41.6 Å². The molecule has 0 aromatic carbocycles. The number of urea groups is 1. The van der Waals surface area contributed by atoms with E-state index in [4.69, 9.17) is 0 Å². The molecule has 1 saturated carbocycles. The van der Waals surface area contributed by atoms with E-state index >= 15 is 0 Å². The zero-order valence-corrected chi connectivity index (χ0v) is 17.0. The number of hydrogen-bond donors (Lipinski definition) is 1. The van der Waals surface area contributed by atoms with Gasteiger partial charge in [-0.25, -0.2) is 18.0 Å². The number of nitrogens with one attached hydrogen (secondary N) is 1. The van der Waals surface area contributed by atoms with Gasteiger partial charge in [-0.05, 0) is 37.5 Å². The largest absolute Gasteiger partial charge is 0.341 e. The molecule has 2 aromatic heterocycles. The number of aryl methyl sites for hydroxylation is 1. The third-order valence-corrected chi connectivity index (χ3v) is 6.07. The lowest BCUT2D eigenvalue weighted by molar-refractivity contribution is -0.135. The number of aromatic nitrogens is 2. The van der Waals surface area contributed by atoms with Crippen LogP contribution in [0.2, 0.25) is 0 Å². The molecule has 4 rings (SSSR count). The number of amides is 3. The normalized spacial score (nSPS) is 19.7. The van der Waals surface area contributed by atoms with E-state index in [9.17, 15) is 27.6 Å². The summed E-state index contributed by atoms with van der Waals surface area (Å²) in [6, 6.07) is 2.13. The maximum absolute atomic E-state index is 13.6. The third-order valence-electron chi connectivity index (χ3n) is 6.07. The summed E-state index contributed by atoms with van der Waals surface area (Å²) in [6.45, 7) is 1.24. The molecule has 3 heterocycles. The Bertz CT molecular complexity index is 1090. The molecular weight excluding hydrogens is 413 g/mol. The van der Waals surface area contributed by atoms with Gasteiger partial charge in [0, 0.05) is 31.6 Å². The average molecular weight is 434 g/mol. The van der Waals surface area contributed by atoms with E-state index in [0.717, 1.165) is 11.1 Å². The number of nitrogens with zero attached hydrogens (tertiary/aromatic N) is 3. The molecule has 1 spiro atoms. The van der Waals surface area contributed by atoms with Gasteiger partial charge in [0.1, 0.15) is 11.4 Å². The highest BCUT2D eigenvalue weighted by Crippen LogP contribution is 2.41. The monoisotopic (exact) mass is 434 g/mol. The Morgan fingerprint density at radius 2 is 1.84 bits per heavy atom. The van der Waals surface area contributed by atoms with Gasteiger partial charge in [-0.1, -0.05) is 0 Å². The number of alkyl halides is 2. The van der Waals surface area contributed by atoms with E-state index in [-0.39, 0.29) is 18.5 Å². The van der Waals surface area contributed by atoms with Crippen molar-refractivity contribution < 1.29 is 27.6 Å². The fourth-order valence-corrected chi connectivity index (χ4v) is 4.41. The van der Waals surface area contributed by atoms with Crippen LogP contribution in [0.1, 0.15) is 41.7 Å². The Balaban J connectivity index is 1.56. The third kappa shape index (κ3) is 3.60. The Hall–Kier alpha value is -3.17. The highest BCUT2D eigenvalue weighted by Gasteiger charge is 2.55. The van der Waals surface area contributed by atoms with E-state index in [2.05, 4.69) is 10.3 Å².